The summed E-state index contributed by atoms with van der Waals surface area (Å²) in [4.78, 5) is 73.7. The fourth-order valence-electron chi connectivity index (χ4n) is 3.50. The molecule has 244 valence electrons. The van der Waals surface area contributed by atoms with Crippen molar-refractivity contribution in [3.63, 3.8) is 0 Å². The summed E-state index contributed by atoms with van der Waals surface area (Å²) in [5.41, 5.74) is 0.00993. The van der Waals surface area contributed by atoms with E-state index in [1.54, 1.807) is 84.0 Å². The highest BCUT2D eigenvalue weighted by molar-refractivity contribution is 8.21. The number of hydrogen-bond acceptors (Lipinski definition) is 10. The zero-order valence-corrected chi connectivity index (χ0v) is 29.3. The van der Waals surface area contributed by atoms with Crippen molar-refractivity contribution in [3.05, 3.63) is 70.0 Å². The van der Waals surface area contributed by atoms with Gasteiger partial charge in [0.05, 0.1) is 11.4 Å². The Morgan fingerprint density at radius 3 is 1.36 bits per heavy atom. The molecule has 0 aromatic heterocycles. The number of nitrogens with zero attached hydrogens (tertiary/aromatic N) is 2. The maximum absolute atomic E-state index is 12.4. The Hall–Kier alpha value is -3.90. The third-order valence-corrected chi connectivity index (χ3v) is 7.37. The van der Waals surface area contributed by atoms with E-state index in [-0.39, 0.29) is 11.6 Å². The highest BCUT2D eigenvalue weighted by Crippen LogP contribution is 2.26. The van der Waals surface area contributed by atoms with Gasteiger partial charge in [0.2, 0.25) is 11.8 Å². The molecule has 0 fully saturated rings. The van der Waals surface area contributed by atoms with Gasteiger partial charge in [-0.05, 0) is 85.2 Å². The zero-order valence-electron chi connectivity index (χ0n) is 27.7. The molecular weight excluding hydrogens is 617 g/mol. The molecule has 12 heteroatoms. The van der Waals surface area contributed by atoms with Crippen LogP contribution in [0.1, 0.15) is 83.0 Å². The molecule has 0 bridgehead atoms. The van der Waals surface area contributed by atoms with Crippen LogP contribution in [0.2, 0.25) is 0 Å². The van der Waals surface area contributed by atoms with Crippen LogP contribution in [0.25, 0.3) is 0 Å². The van der Waals surface area contributed by atoms with Gasteiger partial charge < -0.3 is 9.47 Å². The minimum absolute atomic E-state index is 0.139. The molecule has 0 spiro atoms. The van der Waals surface area contributed by atoms with Crippen LogP contribution in [0.3, 0.4) is 0 Å². The Balaban J connectivity index is 0.000000461. The number of Topliss-reactive ketones (excluding diaryl/α,β-unsaturated/α-hetero) is 1. The number of benzene rings is 2. The third-order valence-electron chi connectivity index (χ3n) is 5.33. The van der Waals surface area contributed by atoms with Crippen molar-refractivity contribution in [2.24, 2.45) is 0 Å². The lowest BCUT2D eigenvalue weighted by molar-refractivity contribution is -0.117. The molecule has 45 heavy (non-hydrogen) atoms. The van der Waals surface area contributed by atoms with Crippen molar-refractivity contribution >= 4 is 70.5 Å². The van der Waals surface area contributed by atoms with Gasteiger partial charge in [-0.3, -0.25) is 19.2 Å². The first-order valence-corrected chi connectivity index (χ1v) is 16.3. The number of imide groups is 2. The second kappa shape index (κ2) is 17.0. The molecular formula is C33H42N2O8S2. The summed E-state index contributed by atoms with van der Waals surface area (Å²) < 4.78 is 11.4. The van der Waals surface area contributed by atoms with Crippen molar-refractivity contribution in [3.8, 4) is 0 Å². The van der Waals surface area contributed by atoms with E-state index in [1.165, 1.54) is 56.4 Å². The fourth-order valence-corrected chi connectivity index (χ4v) is 4.62. The van der Waals surface area contributed by atoms with E-state index in [1.807, 2.05) is 12.5 Å². The Morgan fingerprint density at radius 1 is 0.644 bits per heavy atom. The molecule has 4 amide bonds. The first-order chi connectivity index (χ1) is 20.7. The molecule has 0 N–H and O–H groups in total. The summed E-state index contributed by atoms with van der Waals surface area (Å²) >= 11 is 2.97. The van der Waals surface area contributed by atoms with Crippen LogP contribution in [-0.2, 0) is 19.1 Å². The highest BCUT2D eigenvalue weighted by atomic mass is 32.2. The fraction of sp³-hybridized carbons (Fsp3) is 0.394. The predicted molar refractivity (Wildman–Crippen MR) is 181 cm³/mol. The van der Waals surface area contributed by atoms with Gasteiger partial charge in [-0.1, -0.05) is 24.3 Å². The van der Waals surface area contributed by atoms with Crippen LogP contribution in [0.5, 0.6) is 0 Å². The Labute approximate surface area is 273 Å². The number of allylic oxidation sites excluding steroid dienone is 1. The maximum atomic E-state index is 12.4. The lowest BCUT2D eigenvalue weighted by Crippen LogP contribution is -2.39. The van der Waals surface area contributed by atoms with Gasteiger partial charge in [0.1, 0.15) is 11.2 Å². The second-order valence-corrected chi connectivity index (χ2v) is 13.5. The molecule has 2 aromatic rings. The monoisotopic (exact) mass is 658 g/mol. The van der Waals surface area contributed by atoms with Gasteiger partial charge in [-0.25, -0.2) is 19.4 Å². The van der Waals surface area contributed by atoms with Gasteiger partial charge >= 0.3 is 12.2 Å². The minimum Gasteiger partial charge on any atom is -0.443 e. The van der Waals surface area contributed by atoms with E-state index in [9.17, 15) is 28.8 Å². The predicted octanol–water partition coefficient (Wildman–Crippen LogP) is 7.90. The molecule has 0 unspecified atom stereocenters. The summed E-state index contributed by atoms with van der Waals surface area (Å²) in [6.45, 7) is 14.3. The summed E-state index contributed by atoms with van der Waals surface area (Å²) in [6.07, 6.45) is 3.80. The highest BCUT2D eigenvalue weighted by Gasteiger charge is 2.28. The third kappa shape index (κ3) is 13.3. The van der Waals surface area contributed by atoms with E-state index < -0.39 is 35.2 Å². The van der Waals surface area contributed by atoms with Crippen molar-refractivity contribution in [1.29, 1.82) is 0 Å². The molecule has 0 atom stereocenters. The molecule has 0 saturated heterocycles. The van der Waals surface area contributed by atoms with Crippen molar-refractivity contribution in [2.45, 2.75) is 73.5 Å². The van der Waals surface area contributed by atoms with Gasteiger partial charge in [-0.15, -0.1) is 23.5 Å². The van der Waals surface area contributed by atoms with Crippen LogP contribution < -0.4 is 9.80 Å². The summed E-state index contributed by atoms with van der Waals surface area (Å²) in [7, 11) is 0. The number of anilines is 2. The first kappa shape index (κ1) is 39.1. The molecule has 0 saturated carbocycles. The SMILES string of the molecule is CC(=O)c1cccc(N(C(C)=O)C(=O)OC(C)(C)C)c1.CSC(=CC(=O)c1cccc(N(C(C)=O)C(=O)OC(C)(C)C)c1)SC. The van der Waals surface area contributed by atoms with E-state index in [2.05, 4.69) is 0 Å². The van der Waals surface area contributed by atoms with Gasteiger partial charge in [-0.2, -0.15) is 0 Å². The van der Waals surface area contributed by atoms with Crippen molar-refractivity contribution in [2.75, 3.05) is 22.3 Å². The van der Waals surface area contributed by atoms with E-state index in [0.29, 0.717) is 22.5 Å². The maximum Gasteiger partial charge on any atom is 0.421 e. The molecule has 0 aliphatic carbocycles. The molecule has 0 radical (unpaired) electrons. The summed E-state index contributed by atoms with van der Waals surface area (Å²) in [5, 5.41) is 0. The van der Waals surface area contributed by atoms with Gasteiger partial charge in [0, 0.05) is 35.3 Å². The molecule has 0 heterocycles. The number of hydrogen-bond donors (Lipinski definition) is 0. The van der Waals surface area contributed by atoms with Crippen LogP contribution in [0.4, 0.5) is 21.0 Å². The standard InChI is InChI=1S/C18H23NO4S2.C15H19NO4/c1-12(20)19(17(22)23-18(2,3)4)14-9-7-8-13(10-14)15(21)11-16(24-5)25-6;1-10(17)12-7-6-8-13(9-12)16(11(2)18)14(19)20-15(3,4)5/h7-11H,1-6H3;6-9H,1-5H3. The summed E-state index contributed by atoms with van der Waals surface area (Å²) in [6, 6.07) is 12.7. The van der Waals surface area contributed by atoms with E-state index in [0.717, 1.165) is 14.0 Å². The molecule has 0 aliphatic heterocycles. The van der Waals surface area contributed by atoms with Crippen molar-refractivity contribution in [1.82, 2.24) is 0 Å². The average molecular weight is 659 g/mol. The zero-order chi connectivity index (χ0) is 34.7. The lowest BCUT2D eigenvalue weighted by atomic mass is 10.1. The average Bonchev–Trinajstić information content (AvgIpc) is 2.90. The largest absolute Gasteiger partial charge is 0.443 e. The first-order valence-electron chi connectivity index (χ1n) is 13.8. The van der Waals surface area contributed by atoms with Crippen molar-refractivity contribution < 1.29 is 38.2 Å². The number of amides is 4. The summed E-state index contributed by atoms with van der Waals surface area (Å²) in [5.74, 6) is -1.28. The van der Waals surface area contributed by atoms with Crippen LogP contribution in [0, 0.1) is 0 Å². The smallest absolute Gasteiger partial charge is 0.421 e. The van der Waals surface area contributed by atoms with Crippen LogP contribution >= 0.6 is 23.5 Å². The Bertz CT molecular complexity index is 1450. The number of ketones is 2. The topological polar surface area (TPSA) is 127 Å². The number of thioether (sulfide) groups is 2. The van der Waals surface area contributed by atoms with Crippen LogP contribution in [0.15, 0.2) is 58.8 Å². The van der Waals surface area contributed by atoms with Gasteiger partial charge in [0.25, 0.3) is 0 Å². The minimum atomic E-state index is -0.769. The van der Waals surface area contributed by atoms with E-state index >= 15 is 0 Å². The number of ether oxygens (including phenoxy) is 2. The number of carbonyl (C=O) groups excluding carboxylic acids is 6. The van der Waals surface area contributed by atoms with Gasteiger partial charge in [0.15, 0.2) is 11.6 Å². The quantitative estimate of drug-likeness (QED) is 0.214. The van der Waals surface area contributed by atoms with E-state index in [4.69, 9.17) is 9.47 Å². The van der Waals surface area contributed by atoms with Crippen LogP contribution in [-0.4, -0.2) is 59.3 Å². The molecule has 10 nitrogen and oxygen atoms in total. The number of carbonyl (C=O) groups is 6. The Kier molecular flexibility index (Phi) is 14.8. The lowest BCUT2D eigenvalue weighted by Gasteiger charge is -2.25. The normalized spacial score (nSPS) is 10.8. The Morgan fingerprint density at radius 2 is 1.02 bits per heavy atom. The molecule has 0 aliphatic rings. The molecule has 2 rings (SSSR count). The molecule has 2 aromatic carbocycles. The second-order valence-electron chi connectivity index (χ2n) is 11.6. The number of rotatable bonds is 7.